The van der Waals surface area contributed by atoms with Gasteiger partial charge in [0.25, 0.3) is 0 Å². The van der Waals surface area contributed by atoms with Crippen molar-refractivity contribution in [2.75, 3.05) is 11.9 Å². The molecular formula is C27H39BrN2O. The molecule has 2 rings (SSSR count). The lowest BCUT2D eigenvalue weighted by Gasteiger charge is -2.05. The standard InChI is InChI=1S/C27H39BrN2O/c1-2-3-4-5-6-7-8-10-13-24-14-16-25(17-15-24)29-30-26-18-20-27(21-19-26)31-23-12-9-11-22-28/h14-21H,2-13,22-23H2,1H3. The number of aryl methyl sites for hydroxylation is 1. The predicted molar refractivity (Wildman–Crippen MR) is 137 cm³/mol. The molecule has 0 aromatic heterocycles. The Kier molecular flexibility index (Phi) is 14.0. The van der Waals surface area contributed by atoms with E-state index in [0.717, 1.165) is 41.9 Å². The highest BCUT2D eigenvalue weighted by atomic mass is 79.9. The molecule has 0 bridgehead atoms. The molecule has 0 spiro atoms. The number of halogens is 1. The van der Waals surface area contributed by atoms with E-state index in [0.29, 0.717) is 0 Å². The van der Waals surface area contributed by atoms with Crippen LogP contribution in [0.1, 0.15) is 83.1 Å². The van der Waals surface area contributed by atoms with Crippen LogP contribution in [0.4, 0.5) is 11.4 Å². The van der Waals surface area contributed by atoms with Crippen LogP contribution < -0.4 is 4.74 Å². The molecule has 31 heavy (non-hydrogen) atoms. The zero-order chi connectivity index (χ0) is 22.0. The van der Waals surface area contributed by atoms with Crippen LogP contribution in [0.25, 0.3) is 0 Å². The molecular weight excluding hydrogens is 448 g/mol. The van der Waals surface area contributed by atoms with Gasteiger partial charge in [0.2, 0.25) is 0 Å². The topological polar surface area (TPSA) is 34.0 Å². The molecule has 0 amide bonds. The number of rotatable bonds is 17. The molecule has 3 nitrogen and oxygen atoms in total. The average molecular weight is 488 g/mol. The molecule has 0 aliphatic carbocycles. The Hall–Kier alpha value is -1.68. The van der Waals surface area contributed by atoms with E-state index in [1.165, 1.54) is 69.8 Å². The highest BCUT2D eigenvalue weighted by Crippen LogP contribution is 2.22. The number of azo groups is 1. The molecule has 0 saturated carbocycles. The van der Waals surface area contributed by atoms with E-state index in [2.05, 4.69) is 57.3 Å². The Bertz CT molecular complexity index is 713. The molecule has 2 aromatic carbocycles. The molecule has 170 valence electrons. The highest BCUT2D eigenvalue weighted by molar-refractivity contribution is 9.09. The first-order valence-corrected chi connectivity index (χ1v) is 13.2. The van der Waals surface area contributed by atoms with Crippen molar-refractivity contribution < 1.29 is 4.74 Å². The quantitative estimate of drug-likeness (QED) is 0.124. The maximum Gasteiger partial charge on any atom is 0.119 e. The van der Waals surface area contributed by atoms with Crippen LogP contribution in [-0.2, 0) is 6.42 Å². The van der Waals surface area contributed by atoms with Crippen molar-refractivity contribution in [3.05, 3.63) is 54.1 Å². The summed E-state index contributed by atoms with van der Waals surface area (Å²) in [7, 11) is 0. The van der Waals surface area contributed by atoms with Crippen LogP contribution in [0.3, 0.4) is 0 Å². The zero-order valence-electron chi connectivity index (χ0n) is 19.2. The fourth-order valence-corrected chi connectivity index (χ4v) is 3.88. The summed E-state index contributed by atoms with van der Waals surface area (Å²) in [5, 5.41) is 9.78. The molecule has 0 unspecified atom stereocenters. The fraction of sp³-hybridized carbons (Fsp3) is 0.556. The Morgan fingerprint density at radius 1 is 0.645 bits per heavy atom. The maximum absolute atomic E-state index is 5.77. The summed E-state index contributed by atoms with van der Waals surface area (Å²) in [6.07, 6.45) is 15.5. The molecule has 0 radical (unpaired) electrons. The van der Waals surface area contributed by atoms with Gasteiger partial charge in [-0.2, -0.15) is 10.2 Å². The average Bonchev–Trinajstić information content (AvgIpc) is 2.81. The van der Waals surface area contributed by atoms with Crippen molar-refractivity contribution in [1.29, 1.82) is 0 Å². The number of hydrogen-bond acceptors (Lipinski definition) is 3. The van der Waals surface area contributed by atoms with Crippen LogP contribution in [0.15, 0.2) is 58.8 Å². The summed E-state index contributed by atoms with van der Waals surface area (Å²) < 4.78 is 5.77. The van der Waals surface area contributed by atoms with Gasteiger partial charge in [0.1, 0.15) is 5.75 Å². The van der Waals surface area contributed by atoms with Crippen molar-refractivity contribution in [1.82, 2.24) is 0 Å². The summed E-state index contributed by atoms with van der Waals surface area (Å²) in [4.78, 5) is 0. The number of hydrogen-bond donors (Lipinski definition) is 0. The smallest absolute Gasteiger partial charge is 0.119 e. The second kappa shape index (κ2) is 16.9. The zero-order valence-corrected chi connectivity index (χ0v) is 20.8. The third-order valence-electron chi connectivity index (χ3n) is 5.42. The summed E-state index contributed by atoms with van der Waals surface area (Å²) in [5.41, 5.74) is 3.13. The lowest BCUT2D eigenvalue weighted by molar-refractivity contribution is 0.306. The van der Waals surface area contributed by atoms with Gasteiger partial charge in [0.15, 0.2) is 0 Å². The van der Waals surface area contributed by atoms with Crippen molar-refractivity contribution in [3.8, 4) is 5.75 Å². The van der Waals surface area contributed by atoms with E-state index in [9.17, 15) is 0 Å². The van der Waals surface area contributed by atoms with E-state index >= 15 is 0 Å². The second-order valence-electron chi connectivity index (χ2n) is 8.18. The first-order chi connectivity index (χ1) is 15.3. The molecule has 0 heterocycles. The minimum atomic E-state index is 0.763. The van der Waals surface area contributed by atoms with E-state index in [1.807, 2.05) is 24.3 Å². The first kappa shape index (κ1) is 25.6. The van der Waals surface area contributed by atoms with E-state index in [1.54, 1.807) is 0 Å². The van der Waals surface area contributed by atoms with Crippen LogP contribution in [-0.4, -0.2) is 11.9 Å². The van der Waals surface area contributed by atoms with Gasteiger partial charge in [-0.05, 0) is 74.1 Å². The molecule has 0 N–H and O–H groups in total. The largest absolute Gasteiger partial charge is 0.494 e. The third-order valence-corrected chi connectivity index (χ3v) is 5.98. The number of nitrogens with zero attached hydrogens (tertiary/aromatic N) is 2. The first-order valence-electron chi connectivity index (χ1n) is 12.1. The summed E-state index contributed by atoms with van der Waals surface area (Å²) in [6.45, 7) is 3.04. The molecule has 0 aliphatic rings. The molecule has 0 aliphatic heterocycles. The summed E-state index contributed by atoms with van der Waals surface area (Å²) in [6, 6.07) is 16.3. The van der Waals surface area contributed by atoms with Crippen LogP contribution in [0.2, 0.25) is 0 Å². The molecule has 0 saturated heterocycles. The van der Waals surface area contributed by atoms with Crippen LogP contribution in [0, 0.1) is 0 Å². The van der Waals surface area contributed by atoms with Gasteiger partial charge < -0.3 is 4.74 Å². The van der Waals surface area contributed by atoms with Crippen molar-refractivity contribution in [2.45, 2.75) is 84.0 Å². The molecule has 2 aromatic rings. The van der Waals surface area contributed by atoms with E-state index < -0.39 is 0 Å². The fourth-order valence-electron chi connectivity index (χ4n) is 3.48. The highest BCUT2D eigenvalue weighted by Gasteiger charge is 1.98. The predicted octanol–water partition coefficient (Wildman–Crippen LogP) is 9.73. The van der Waals surface area contributed by atoms with Gasteiger partial charge >= 0.3 is 0 Å². The van der Waals surface area contributed by atoms with Crippen LogP contribution >= 0.6 is 15.9 Å². The van der Waals surface area contributed by atoms with E-state index in [-0.39, 0.29) is 0 Å². The Morgan fingerprint density at radius 3 is 1.81 bits per heavy atom. The Morgan fingerprint density at radius 2 is 1.19 bits per heavy atom. The van der Waals surface area contributed by atoms with Gasteiger partial charge in [-0.15, -0.1) is 0 Å². The second-order valence-corrected chi connectivity index (χ2v) is 8.98. The molecule has 0 fully saturated rings. The number of unbranched alkanes of at least 4 members (excludes halogenated alkanes) is 9. The van der Waals surface area contributed by atoms with Crippen molar-refractivity contribution >= 4 is 27.3 Å². The molecule has 0 atom stereocenters. The minimum absolute atomic E-state index is 0.763. The third kappa shape index (κ3) is 12.1. The number of ether oxygens (including phenoxy) is 1. The minimum Gasteiger partial charge on any atom is -0.494 e. The Balaban J connectivity index is 1.65. The van der Waals surface area contributed by atoms with Crippen molar-refractivity contribution in [3.63, 3.8) is 0 Å². The summed E-state index contributed by atoms with van der Waals surface area (Å²) >= 11 is 3.45. The number of alkyl halides is 1. The van der Waals surface area contributed by atoms with E-state index in [4.69, 9.17) is 4.74 Å². The van der Waals surface area contributed by atoms with Crippen LogP contribution in [0.5, 0.6) is 5.75 Å². The van der Waals surface area contributed by atoms with Gasteiger partial charge in [0, 0.05) is 5.33 Å². The maximum atomic E-state index is 5.77. The molecule has 4 heteroatoms. The van der Waals surface area contributed by atoms with Gasteiger partial charge in [-0.3, -0.25) is 0 Å². The Labute approximate surface area is 197 Å². The normalized spacial score (nSPS) is 11.3. The van der Waals surface area contributed by atoms with Gasteiger partial charge in [-0.25, -0.2) is 0 Å². The SMILES string of the molecule is CCCCCCCCCCc1ccc(N=Nc2ccc(OCCCCCBr)cc2)cc1. The summed E-state index contributed by atoms with van der Waals surface area (Å²) in [5.74, 6) is 0.892. The number of benzene rings is 2. The monoisotopic (exact) mass is 486 g/mol. The van der Waals surface area contributed by atoms with Crippen molar-refractivity contribution in [2.24, 2.45) is 10.2 Å². The lowest BCUT2D eigenvalue weighted by Crippen LogP contribution is -1.96. The van der Waals surface area contributed by atoms with Gasteiger partial charge in [0.05, 0.1) is 18.0 Å². The lowest BCUT2D eigenvalue weighted by atomic mass is 10.0. The van der Waals surface area contributed by atoms with Gasteiger partial charge in [-0.1, -0.05) is 79.9 Å².